The van der Waals surface area contributed by atoms with E-state index >= 15 is 0 Å². The molecule has 0 heterocycles. The Hall–Kier alpha value is -2.29. The highest BCUT2D eigenvalue weighted by Gasteiger charge is 2.04. The van der Waals surface area contributed by atoms with Crippen molar-refractivity contribution in [2.24, 2.45) is 0 Å². The number of carbonyl (C=O) groups excluding carboxylic acids is 1. The highest BCUT2D eigenvalue weighted by atomic mass is 16.1. The molecule has 3 nitrogen and oxygen atoms in total. The van der Waals surface area contributed by atoms with E-state index in [1.54, 1.807) is 6.92 Å². The van der Waals surface area contributed by atoms with Crippen LogP contribution in [0.1, 0.15) is 28.4 Å². The maximum Gasteiger partial charge on any atom is 0.159 e. The molecule has 0 aliphatic carbocycles. The molecule has 0 bridgehead atoms. The summed E-state index contributed by atoms with van der Waals surface area (Å²) in [4.78, 5) is 11.2. The summed E-state index contributed by atoms with van der Waals surface area (Å²) in [5, 5.41) is 3.27. The topological polar surface area (TPSA) is 55.1 Å². The molecule has 3 N–H and O–H groups in total. The van der Waals surface area contributed by atoms with Gasteiger partial charge in [0.25, 0.3) is 0 Å². The van der Waals surface area contributed by atoms with E-state index < -0.39 is 0 Å². The molecule has 0 aromatic heterocycles. The molecule has 0 amide bonds. The Morgan fingerprint density at radius 1 is 1.05 bits per heavy atom. The molecule has 19 heavy (non-hydrogen) atoms. The van der Waals surface area contributed by atoms with Gasteiger partial charge in [0.15, 0.2) is 5.78 Å². The lowest BCUT2D eigenvalue weighted by Gasteiger charge is -2.12. The third-order valence-electron chi connectivity index (χ3n) is 3.24. The summed E-state index contributed by atoms with van der Waals surface area (Å²) < 4.78 is 0. The molecule has 2 rings (SSSR count). The van der Waals surface area contributed by atoms with E-state index in [0.29, 0.717) is 5.56 Å². The Morgan fingerprint density at radius 2 is 1.63 bits per heavy atom. The molecular weight excluding hydrogens is 236 g/mol. The van der Waals surface area contributed by atoms with Crippen molar-refractivity contribution in [2.45, 2.75) is 20.8 Å². The van der Waals surface area contributed by atoms with Crippen LogP contribution in [0, 0.1) is 13.8 Å². The molecule has 2 aromatic rings. The number of ketones is 1. The Morgan fingerprint density at radius 3 is 2.21 bits per heavy atom. The van der Waals surface area contributed by atoms with Crippen LogP contribution < -0.4 is 11.1 Å². The summed E-state index contributed by atoms with van der Waals surface area (Å²) in [6.45, 7) is 5.65. The fourth-order valence-electron chi connectivity index (χ4n) is 1.89. The number of hydrogen-bond acceptors (Lipinski definition) is 3. The van der Waals surface area contributed by atoms with Crippen molar-refractivity contribution in [1.82, 2.24) is 0 Å². The van der Waals surface area contributed by atoms with Crippen molar-refractivity contribution in [3.05, 3.63) is 53.1 Å². The predicted octanol–water partition coefficient (Wildman–Crippen LogP) is 3.83. The van der Waals surface area contributed by atoms with Crippen molar-refractivity contribution >= 4 is 22.8 Å². The smallest absolute Gasteiger partial charge is 0.159 e. The zero-order valence-electron chi connectivity index (χ0n) is 11.4. The molecule has 0 atom stereocenters. The average molecular weight is 254 g/mol. The van der Waals surface area contributed by atoms with Crippen LogP contribution >= 0.6 is 0 Å². The number of Topliss-reactive ketones (excluding diaryl/α,β-unsaturated/α-hetero) is 1. The van der Waals surface area contributed by atoms with Crippen LogP contribution in [0.5, 0.6) is 0 Å². The normalized spacial score (nSPS) is 10.3. The minimum atomic E-state index is 0.0669. The van der Waals surface area contributed by atoms with Crippen molar-refractivity contribution in [3.8, 4) is 0 Å². The first-order chi connectivity index (χ1) is 8.97. The van der Waals surface area contributed by atoms with Crippen LogP contribution in [0.15, 0.2) is 36.4 Å². The van der Waals surface area contributed by atoms with Crippen LogP contribution in [0.25, 0.3) is 0 Å². The standard InChI is InChI=1S/C16H18N2O/c1-10-8-15(17)16(9-11(10)2)18-14-6-4-13(5-7-14)12(3)19/h4-9,18H,17H2,1-3H3. The van der Waals surface area contributed by atoms with E-state index in [1.165, 1.54) is 11.1 Å². The first-order valence-corrected chi connectivity index (χ1v) is 6.22. The van der Waals surface area contributed by atoms with Gasteiger partial charge in [0.1, 0.15) is 0 Å². The Labute approximate surface area is 113 Å². The molecule has 0 saturated heterocycles. The summed E-state index contributed by atoms with van der Waals surface area (Å²) >= 11 is 0. The molecule has 0 unspecified atom stereocenters. The molecule has 0 saturated carbocycles. The van der Waals surface area contributed by atoms with Gasteiger partial charge < -0.3 is 11.1 Å². The van der Waals surface area contributed by atoms with Gasteiger partial charge >= 0.3 is 0 Å². The number of rotatable bonds is 3. The second-order valence-corrected chi connectivity index (χ2v) is 4.78. The quantitative estimate of drug-likeness (QED) is 0.646. The predicted molar refractivity (Wildman–Crippen MR) is 80.1 cm³/mol. The lowest BCUT2D eigenvalue weighted by atomic mass is 10.1. The zero-order chi connectivity index (χ0) is 14.0. The van der Waals surface area contributed by atoms with Crippen molar-refractivity contribution in [2.75, 3.05) is 11.1 Å². The number of nitrogens with two attached hydrogens (primary N) is 1. The van der Waals surface area contributed by atoms with Gasteiger partial charge in [0.2, 0.25) is 0 Å². The van der Waals surface area contributed by atoms with Crippen LogP contribution in [0.4, 0.5) is 17.1 Å². The number of anilines is 3. The van der Waals surface area contributed by atoms with Crippen LogP contribution in [-0.2, 0) is 0 Å². The van der Waals surface area contributed by atoms with E-state index in [4.69, 9.17) is 5.73 Å². The Kier molecular flexibility index (Phi) is 3.56. The maximum atomic E-state index is 11.2. The summed E-state index contributed by atoms with van der Waals surface area (Å²) in [5.41, 5.74) is 11.6. The minimum Gasteiger partial charge on any atom is -0.397 e. The summed E-state index contributed by atoms with van der Waals surface area (Å²) in [5.74, 6) is 0.0669. The van der Waals surface area contributed by atoms with Gasteiger partial charge in [0.05, 0.1) is 11.4 Å². The number of nitrogens with one attached hydrogen (secondary N) is 1. The van der Waals surface area contributed by atoms with E-state index in [0.717, 1.165) is 17.1 Å². The summed E-state index contributed by atoms with van der Waals surface area (Å²) in [6, 6.07) is 11.4. The number of carbonyl (C=O) groups is 1. The lowest BCUT2D eigenvalue weighted by Crippen LogP contribution is -1.99. The van der Waals surface area contributed by atoms with Crippen molar-refractivity contribution in [3.63, 3.8) is 0 Å². The van der Waals surface area contributed by atoms with E-state index in [-0.39, 0.29) is 5.78 Å². The molecule has 0 fully saturated rings. The molecular formula is C16H18N2O. The van der Waals surface area contributed by atoms with Gasteiger partial charge in [-0.15, -0.1) is 0 Å². The third-order valence-corrected chi connectivity index (χ3v) is 3.24. The Balaban J connectivity index is 2.26. The molecule has 0 radical (unpaired) electrons. The van der Waals surface area contributed by atoms with E-state index in [1.807, 2.05) is 43.3 Å². The van der Waals surface area contributed by atoms with Gasteiger partial charge in [-0.1, -0.05) is 0 Å². The number of nitrogen functional groups attached to an aromatic ring is 1. The first-order valence-electron chi connectivity index (χ1n) is 6.22. The fourth-order valence-corrected chi connectivity index (χ4v) is 1.89. The van der Waals surface area contributed by atoms with Crippen LogP contribution in [-0.4, -0.2) is 5.78 Å². The zero-order valence-corrected chi connectivity index (χ0v) is 11.4. The van der Waals surface area contributed by atoms with Gasteiger partial charge in [-0.3, -0.25) is 4.79 Å². The van der Waals surface area contributed by atoms with E-state index in [2.05, 4.69) is 12.2 Å². The number of hydrogen-bond donors (Lipinski definition) is 2. The SMILES string of the molecule is CC(=O)c1ccc(Nc2cc(C)c(C)cc2N)cc1. The van der Waals surface area contributed by atoms with Gasteiger partial charge in [-0.25, -0.2) is 0 Å². The molecule has 98 valence electrons. The van der Waals surface area contributed by atoms with E-state index in [9.17, 15) is 4.79 Å². The highest BCUT2D eigenvalue weighted by molar-refractivity contribution is 5.94. The molecule has 0 spiro atoms. The highest BCUT2D eigenvalue weighted by Crippen LogP contribution is 2.26. The number of benzene rings is 2. The second kappa shape index (κ2) is 5.14. The molecule has 0 aliphatic rings. The lowest BCUT2D eigenvalue weighted by molar-refractivity contribution is 0.101. The van der Waals surface area contributed by atoms with Gasteiger partial charge in [-0.2, -0.15) is 0 Å². The summed E-state index contributed by atoms with van der Waals surface area (Å²) in [6.07, 6.45) is 0. The van der Waals surface area contributed by atoms with Gasteiger partial charge in [0, 0.05) is 11.3 Å². The maximum absolute atomic E-state index is 11.2. The molecule has 3 heteroatoms. The van der Waals surface area contributed by atoms with Crippen LogP contribution in [0.2, 0.25) is 0 Å². The first kappa shape index (κ1) is 13.1. The fraction of sp³-hybridized carbons (Fsp3) is 0.188. The second-order valence-electron chi connectivity index (χ2n) is 4.78. The monoisotopic (exact) mass is 254 g/mol. The molecule has 2 aromatic carbocycles. The Bertz CT molecular complexity index is 615. The van der Waals surface area contributed by atoms with Gasteiger partial charge in [-0.05, 0) is 68.3 Å². The van der Waals surface area contributed by atoms with Crippen LogP contribution in [0.3, 0.4) is 0 Å². The largest absolute Gasteiger partial charge is 0.397 e. The molecule has 0 aliphatic heterocycles. The van der Waals surface area contributed by atoms with Crippen molar-refractivity contribution < 1.29 is 4.79 Å². The third kappa shape index (κ3) is 2.94. The number of aryl methyl sites for hydroxylation is 2. The minimum absolute atomic E-state index is 0.0669. The average Bonchev–Trinajstić information content (AvgIpc) is 2.36. The van der Waals surface area contributed by atoms with Crippen molar-refractivity contribution in [1.29, 1.82) is 0 Å². The summed E-state index contributed by atoms with van der Waals surface area (Å²) in [7, 11) is 0.